The monoisotopic (exact) mass is 199 g/mol. The minimum absolute atomic E-state index is 0.107. The quantitative estimate of drug-likeness (QED) is 0.699. The summed E-state index contributed by atoms with van der Waals surface area (Å²) in [5.41, 5.74) is 4.05. The van der Waals surface area contributed by atoms with E-state index in [2.05, 4.69) is 15.8 Å². The summed E-state index contributed by atoms with van der Waals surface area (Å²) in [7, 11) is 0. The standard InChI is InChI=1S/C7H9N3O2S/c11-7-6(3-12-10-7)9-2-5-1-8-4-13-5/h1,4,6,9H,2-3H2,(H,10,11). The first-order chi connectivity index (χ1) is 6.36. The van der Waals surface area contributed by atoms with Crippen molar-refractivity contribution >= 4 is 17.2 Å². The first kappa shape index (κ1) is 8.61. The van der Waals surface area contributed by atoms with Crippen molar-refractivity contribution in [1.29, 1.82) is 0 Å². The van der Waals surface area contributed by atoms with E-state index in [0.717, 1.165) is 4.88 Å². The van der Waals surface area contributed by atoms with Gasteiger partial charge in [0.15, 0.2) is 0 Å². The van der Waals surface area contributed by atoms with Crippen LogP contribution >= 0.6 is 11.3 Å². The number of rotatable bonds is 3. The Morgan fingerprint density at radius 1 is 1.85 bits per heavy atom. The van der Waals surface area contributed by atoms with Gasteiger partial charge < -0.3 is 0 Å². The van der Waals surface area contributed by atoms with Crippen molar-refractivity contribution in [3.8, 4) is 0 Å². The molecule has 2 N–H and O–H groups in total. The van der Waals surface area contributed by atoms with E-state index in [9.17, 15) is 4.79 Å². The Labute approximate surface area is 79.1 Å². The van der Waals surface area contributed by atoms with Gasteiger partial charge in [-0.15, -0.1) is 11.3 Å². The normalized spacial score (nSPS) is 21.8. The first-order valence-corrected chi connectivity index (χ1v) is 4.76. The van der Waals surface area contributed by atoms with Crippen LogP contribution in [0.25, 0.3) is 0 Å². The molecule has 2 heterocycles. The van der Waals surface area contributed by atoms with Gasteiger partial charge >= 0.3 is 0 Å². The van der Waals surface area contributed by atoms with E-state index < -0.39 is 0 Å². The smallest absolute Gasteiger partial charge is 0.263 e. The van der Waals surface area contributed by atoms with Crippen molar-refractivity contribution in [2.45, 2.75) is 12.6 Å². The van der Waals surface area contributed by atoms with Crippen LogP contribution in [0, 0.1) is 0 Å². The van der Waals surface area contributed by atoms with Crippen LogP contribution in [0.3, 0.4) is 0 Å². The van der Waals surface area contributed by atoms with Crippen molar-refractivity contribution in [1.82, 2.24) is 15.8 Å². The zero-order valence-electron chi connectivity index (χ0n) is 6.82. The van der Waals surface area contributed by atoms with Gasteiger partial charge in [-0.2, -0.15) is 0 Å². The predicted molar refractivity (Wildman–Crippen MR) is 46.8 cm³/mol. The van der Waals surface area contributed by atoms with Gasteiger partial charge in [-0.3, -0.25) is 19.9 Å². The lowest BCUT2D eigenvalue weighted by molar-refractivity contribution is -0.125. The Hall–Kier alpha value is -0.980. The van der Waals surface area contributed by atoms with E-state index in [1.807, 2.05) is 0 Å². The van der Waals surface area contributed by atoms with Gasteiger partial charge in [0.25, 0.3) is 5.91 Å². The number of hydrogen-bond donors (Lipinski definition) is 2. The number of nitrogens with zero attached hydrogens (tertiary/aromatic N) is 1. The van der Waals surface area contributed by atoms with E-state index in [0.29, 0.717) is 13.2 Å². The lowest BCUT2D eigenvalue weighted by Crippen LogP contribution is -2.37. The van der Waals surface area contributed by atoms with Crippen LogP contribution in [-0.2, 0) is 16.2 Å². The molecule has 0 saturated carbocycles. The summed E-state index contributed by atoms with van der Waals surface area (Å²) in [6, 6.07) is -0.234. The van der Waals surface area contributed by atoms with E-state index in [4.69, 9.17) is 4.84 Å². The Morgan fingerprint density at radius 2 is 2.77 bits per heavy atom. The summed E-state index contributed by atoms with van der Waals surface area (Å²) in [6.07, 6.45) is 1.78. The molecule has 1 aromatic rings. The summed E-state index contributed by atoms with van der Waals surface area (Å²) in [6.45, 7) is 1.05. The van der Waals surface area contributed by atoms with E-state index in [1.165, 1.54) is 0 Å². The van der Waals surface area contributed by atoms with Crippen LogP contribution in [0.1, 0.15) is 4.88 Å². The summed E-state index contributed by atoms with van der Waals surface area (Å²) >= 11 is 1.56. The predicted octanol–water partition coefficient (Wildman–Crippen LogP) is -0.337. The highest BCUT2D eigenvalue weighted by atomic mass is 32.1. The van der Waals surface area contributed by atoms with Gasteiger partial charge in [0.1, 0.15) is 6.04 Å². The van der Waals surface area contributed by atoms with Gasteiger partial charge in [-0.25, -0.2) is 5.48 Å². The Balaban J connectivity index is 1.82. The maximum atomic E-state index is 11.0. The minimum atomic E-state index is -0.234. The maximum Gasteiger partial charge on any atom is 0.263 e. The zero-order valence-corrected chi connectivity index (χ0v) is 7.63. The fourth-order valence-electron chi connectivity index (χ4n) is 1.05. The number of aromatic nitrogens is 1. The van der Waals surface area contributed by atoms with Gasteiger partial charge in [-0.1, -0.05) is 0 Å². The fourth-order valence-corrected chi connectivity index (χ4v) is 1.59. The molecule has 5 nitrogen and oxygen atoms in total. The van der Waals surface area contributed by atoms with Crippen molar-refractivity contribution in [3.63, 3.8) is 0 Å². The van der Waals surface area contributed by atoms with Crippen LogP contribution in [0.2, 0.25) is 0 Å². The second-order valence-electron chi connectivity index (χ2n) is 2.68. The number of thiazole rings is 1. The molecule has 1 aliphatic heterocycles. The molecule has 0 bridgehead atoms. The molecule has 1 aromatic heterocycles. The van der Waals surface area contributed by atoms with Gasteiger partial charge in [0.2, 0.25) is 0 Å². The van der Waals surface area contributed by atoms with Gasteiger partial charge in [-0.05, 0) is 0 Å². The second kappa shape index (κ2) is 3.82. The molecule has 0 aliphatic carbocycles. The molecule has 1 amide bonds. The average Bonchev–Trinajstić information content (AvgIpc) is 2.72. The molecule has 13 heavy (non-hydrogen) atoms. The molecule has 1 fully saturated rings. The highest BCUT2D eigenvalue weighted by Crippen LogP contribution is 2.05. The molecule has 70 valence electrons. The Morgan fingerprint density at radius 3 is 3.38 bits per heavy atom. The lowest BCUT2D eigenvalue weighted by Gasteiger charge is -2.05. The second-order valence-corrected chi connectivity index (χ2v) is 3.65. The maximum absolute atomic E-state index is 11.0. The van der Waals surface area contributed by atoms with E-state index >= 15 is 0 Å². The molecule has 2 rings (SSSR count). The number of hydroxylamine groups is 1. The summed E-state index contributed by atoms with van der Waals surface area (Å²) < 4.78 is 0. The highest BCUT2D eigenvalue weighted by Gasteiger charge is 2.24. The van der Waals surface area contributed by atoms with Crippen LogP contribution < -0.4 is 10.8 Å². The van der Waals surface area contributed by atoms with Gasteiger partial charge in [0, 0.05) is 17.6 Å². The number of nitrogens with one attached hydrogen (secondary N) is 2. The molecule has 1 unspecified atom stereocenters. The minimum Gasteiger partial charge on any atom is -0.299 e. The molecular formula is C7H9N3O2S. The molecule has 1 aliphatic rings. The number of carbonyl (C=O) groups is 1. The first-order valence-electron chi connectivity index (χ1n) is 3.88. The largest absolute Gasteiger partial charge is 0.299 e. The Kier molecular flexibility index (Phi) is 2.53. The Bertz CT molecular complexity index is 288. The van der Waals surface area contributed by atoms with Crippen molar-refractivity contribution in [3.05, 3.63) is 16.6 Å². The number of hydrogen-bond acceptors (Lipinski definition) is 5. The third-order valence-electron chi connectivity index (χ3n) is 1.75. The third-order valence-corrected chi connectivity index (χ3v) is 2.53. The summed E-state index contributed by atoms with van der Waals surface area (Å²) in [4.78, 5) is 20.8. The van der Waals surface area contributed by atoms with Crippen LogP contribution in [0.4, 0.5) is 0 Å². The summed E-state index contributed by atoms with van der Waals surface area (Å²) in [5, 5.41) is 3.07. The SMILES string of the molecule is O=C1NOCC1NCc1cncs1. The molecule has 1 saturated heterocycles. The molecule has 0 radical (unpaired) electrons. The molecule has 6 heteroatoms. The number of amides is 1. The van der Waals surface area contributed by atoms with Crippen molar-refractivity contribution in [2.75, 3.05) is 6.61 Å². The van der Waals surface area contributed by atoms with E-state index in [1.54, 1.807) is 23.0 Å². The number of carbonyl (C=O) groups excluding carboxylic acids is 1. The summed E-state index contributed by atoms with van der Waals surface area (Å²) in [5.74, 6) is -0.107. The van der Waals surface area contributed by atoms with Crippen molar-refractivity contribution in [2.24, 2.45) is 0 Å². The molecular weight excluding hydrogens is 190 g/mol. The van der Waals surface area contributed by atoms with Crippen LogP contribution in [0.15, 0.2) is 11.7 Å². The highest BCUT2D eigenvalue weighted by molar-refractivity contribution is 7.09. The van der Waals surface area contributed by atoms with E-state index in [-0.39, 0.29) is 11.9 Å². The average molecular weight is 199 g/mol. The lowest BCUT2D eigenvalue weighted by atomic mass is 10.3. The van der Waals surface area contributed by atoms with Gasteiger partial charge in [0.05, 0.1) is 12.1 Å². The fraction of sp³-hybridized carbons (Fsp3) is 0.429. The zero-order chi connectivity index (χ0) is 9.10. The van der Waals surface area contributed by atoms with Crippen molar-refractivity contribution < 1.29 is 9.63 Å². The molecule has 1 atom stereocenters. The molecule has 0 spiro atoms. The molecule has 0 aromatic carbocycles. The third kappa shape index (κ3) is 2.03. The van der Waals surface area contributed by atoms with Crippen LogP contribution in [-0.4, -0.2) is 23.5 Å². The van der Waals surface area contributed by atoms with Crippen LogP contribution in [0.5, 0.6) is 0 Å². The topological polar surface area (TPSA) is 63.2 Å².